The lowest BCUT2D eigenvalue weighted by molar-refractivity contribution is -0.385. The molecular formula is C26H28N4O5S. The van der Waals surface area contributed by atoms with Gasteiger partial charge in [-0.2, -0.15) is 9.41 Å². The summed E-state index contributed by atoms with van der Waals surface area (Å²) in [6.07, 6.45) is 1.57. The number of hydrazone groups is 1. The van der Waals surface area contributed by atoms with E-state index in [2.05, 4.69) is 10.5 Å². The third-order valence-corrected chi connectivity index (χ3v) is 7.69. The number of nitrogens with one attached hydrogen (secondary N) is 1. The van der Waals surface area contributed by atoms with E-state index in [-0.39, 0.29) is 22.7 Å². The summed E-state index contributed by atoms with van der Waals surface area (Å²) < 4.78 is 28.5. The fourth-order valence-corrected chi connectivity index (χ4v) is 5.83. The molecule has 0 spiro atoms. The predicted molar refractivity (Wildman–Crippen MR) is 138 cm³/mol. The lowest BCUT2D eigenvalue weighted by Crippen LogP contribution is -2.41. The maximum atomic E-state index is 13.7. The Hall–Kier alpha value is -3.89. The van der Waals surface area contributed by atoms with Gasteiger partial charge in [0.15, 0.2) is 0 Å². The van der Waals surface area contributed by atoms with Crippen molar-refractivity contribution in [1.82, 2.24) is 9.73 Å². The van der Waals surface area contributed by atoms with Crippen LogP contribution in [0.5, 0.6) is 0 Å². The number of rotatable bonds is 10. The van der Waals surface area contributed by atoms with Crippen LogP contribution >= 0.6 is 0 Å². The zero-order chi connectivity index (χ0) is 26.3. The van der Waals surface area contributed by atoms with Crippen LogP contribution in [0.25, 0.3) is 0 Å². The van der Waals surface area contributed by atoms with Gasteiger partial charge < -0.3 is 0 Å². The standard InChI is InChI=1S/C26H28N4O5S/c1-19-15-20(2)26(21(3)16-19)36(34,35)29(14-13-22-9-5-4-6-10-22)18-25(31)28-27-17-23-11-7-8-12-24(23)30(32)33/h4-12,15-17H,13-14,18H2,1-3H3,(H,28,31)/b27-17+. The van der Waals surface area contributed by atoms with Crippen molar-refractivity contribution >= 4 is 27.8 Å². The second-order valence-electron chi connectivity index (χ2n) is 8.41. The Morgan fingerprint density at radius 3 is 2.28 bits per heavy atom. The highest BCUT2D eigenvalue weighted by molar-refractivity contribution is 7.89. The lowest BCUT2D eigenvalue weighted by Gasteiger charge is -2.24. The molecule has 0 fully saturated rings. The molecule has 0 unspecified atom stereocenters. The summed E-state index contributed by atoms with van der Waals surface area (Å²) in [5.41, 5.74) is 5.43. The summed E-state index contributed by atoms with van der Waals surface area (Å²) in [6.45, 7) is 4.99. The third kappa shape index (κ3) is 6.61. The van der Waals surface area contributed by atoms with E-state index in [1.54, 1.807) is 32.0 Å². The fraction of sp³-hybridized carbons (Fsp3) is 0.231. The first-order valence-electron chi connectivity index (χ1n) is 11.3. The van der Waals surface area contributed by atoms with E-state index in [4.69, 9.17) is 0 Å². The number of para-hydroxylation sites is 1. The molecule has 9 nitrogen and oxygen atoms in total. The Kier molecular flexibility index (Phi) is 8.68. The van der Waals surface area contributed by atoms with E-state index < -0.39 is 27.4 Å². The van der Waals surface area contributed by atoms with Crippen LogP contribution in [0.1, 0.15) is 27.8 Å². The zero-order valence-corrected chi connectivity index (χ0v) is 21.2. The van der Waals surface area contributed by atoms with Crippen LogP contribution in [-0.2, 0) is 21.2 Å². The number of hydrogen-bond acceptors (Lipinski definition) is 6. The number of carbonyl (C=O) groups excluding carboxylic acids is 1. The molecule has 10 heteroatoms. The number of sulfonamides is 1. The van der Waals surface area contributed by atoms with Crippen molar-refractivity contribution in [2.24, 2.45) is 5.10 Å². The van der Waals surface area contributed by atoms with Crippen LogP contribution < -0.4 is 5.43 Å². The first-order chi connectivity index (χ1) is 17.1. The second kappa shape index (κ2) is 11.7. The largest absolute Gasteiger partial charge is 0.278 e. The van der Waals surface area contributed by atoms with Crippen LogP contribution in [0.2, 0.25) is 0 Å². The molecule has 36 heavy (non-hydrogen) atoms. The Bertz CT molecular complexity index is 1370. The lowest BCUT2D eigenvalue weighted by atomic mass is 10.1. The molecule has 0 saturated carbocycles. The van der Waals surface area contributed by atoms with E-state index in [1.807, 2.05) is 37.3 Å². The van der Waals surface area contributed by atoms with Crippen molar-refractivity contribution in [3.63, 3.8) is 0 Å². The van der Waals surface area contributed by atoms with Gasteiger partial charge in [0.25, 0.3) is 11.6 Å². The van der Waals surface area contributed by atoms with Crippen LogP contribution in [0.15, 0.2) is 76.7 Å². The Morgan fingerprint density at radius 1 is 1.03 bits per heavy atom. The van der Waals surface area contributed by atoms with Crippen molar-refractivity contribution in [1.29, 1.82) is 0 Å². The molecule has 0 aromatic heterocycles. The monoisotopic (exact) mass is 508 g/mol. The van der Waals surface area contributed by atoms with Gasteiger partial charge in [0.1, 0.15) is 0 Å². The minimum Gasteiger partial charge on any atom is -0.272 e. The molecule has 0 aliphatic carbocycles. The summed E-state index contributed by atoms with van der Waals surface area (Å²) in [4.78, 5) is 23.5. The van der Waals surface area contributed by atoms with Crippen molar-refractivity contribution in [2.75, 3.05) is 13.1 Å². The molecule has 0 bridgehead atoms. The topological polar surface area (TPSA) is 122 Å². The number of benzene rings is 3. The van der Waals surface area contributed by atoms with Gasteiger partial charge in [-0.25, -0.2) is 13.8 Å². The molecule has 0 heterocycles. The SMILES string of the molecule is Cc1cc(C)c(S(=O)(=O)N(CCc2ccccc2)CC(=O)N/N=C/c2ccccc2[N+](=O)[O-])c(C)c1. The van der Waals surface area contributed by atoms with Crippen LogP contribution in [0, 0.1) is 30.9 Å². The van der Waals surface area contributed by atoms with Gasteiger partial charge in [0, 0.05) is 12.6 Å². The van der Waals surface area contributed by atoms with Crippen LogP contribution in [0.3, 0.4) is 0 Å². The molecule has 0 atom stereocenters. The Morgan fingerprint density at radius 2 is 1.64 bits per heavy atom. The van der Waals surface area contributed by atoms with Gasteiger partial charge in [-0.1, -0.05) is 60.2 Å². The summed E-state index contributed by atoms with van der Waals surface area (Å²) in [5.74, 6) is -0.663. The molecule has 3 aromatic carbocycles. The molecule has 3 aromatic rings. The average molecular weight is 509 g/mol. The van der Waals surface area contributed by atoms with Crippen molar-refractivity contribution in [3.8, 4) is 0 Å². The second-order valence-corrected chi connectivity index (χ2v) is 10.3. The van der Waals surface area contributed by atoms with E-state index in [9.17, 15) is 23.3 Å². The van der Waals surface area contributed by atoms with Gasteiger partial charge in [0.2, 0.25) is 10.0 Å². The van der Waals surface area contributed by atoms with Crippen LogP contribution in [-0.4, -0.2) is 42.9 Å². The van der Waals surface area contributed by atoms with Gasteiger partial charge >= 0.3 is 0 Å². The number of amides is 1. The number of carbonyl (C=O) groups is 1. The molecule has 0 aliphatic heterocycles. The Balaban J connectivity index is 1.83. The quantitative estimate of drug-likeness (QED) is 0.253. The molecule has 188 valence electrons. The normalized spacial score (nSPS) is 11.7. The highest BCUT2D eigenvalue weighted by Gasteiger charge is 2.29. The van der Waals surface area contributed by atoms with Crippen molar-refractivity contribution in [2.45, 2.75) is 32.1 Å². The number of nitro benzene ring substituents is 1. The number of hydrogen-bond donors (Lipinski definition) is 1. The van der Waals surface area contributed by atoms with E-state index in [0.717, 1.165) is 21.6 Å². The summed E-state index contributed by atoms with van der Waals surface area (Å²) in [7, 11) is -4.01. The summed E-state index contributed by atoms with van der Waals surface area (Å²) >= 11 is 0. The van der Waals surface area contributed by atoms with Gasteiger partial charge in [-0.05, 0) is 49.9 Å². The van der Waals surface area contributed by atoms with Gasteiger partial charge in [-0.15, -0.1) is 0 Å². The first kappa shape index (κ1) is 26.7. The maximum absolute atomic E-state index is 13.7. The van der Waals surface area contributed by atoms with E-state index >= 15 is 0 Å². The molecule has 1 N–H and O–H groups in total. The molecule has 1 amide bonds. The highest BCUT2D eigenvalue weighted by atomic mass is 32.2. The maximum Gasteiger partial charge on any atom is 0.278 e. The zero-order valence-electron chi connectivity index (χ0n) is 20.3. The molecule has 0 aliphatic rings. The Labute approximate surface area is 210 Å². The van der Waals surface area contributed by atoms with E-state index in [1.165, 1.54) is 18.2 Å². The highest BCUT2D eigenvalue weighted by Crippen LogP contribution is 2.25. The minimum absolute atomic E-state index is 0.0837. The number of nitrogens with zero attached hydrogens (tertiary/aromatic N) is 3. The summed E-state index contributed by atoms with van der Waals surface area (Å²) in [5, 5.41) is 15.0. The number of nitro groups is 1. The van der Waals surface area contributed by atoms with E-state index in [0.29, 0.717) is 17.5 Å². The van der Waals surface area contributed by atoms with Crippen molar-refractivity contribution in [3.05, 3.63) is 105 Å². The average Bonchev–Trinajstić information content (AvgIpc) is 2.81. The summed E-state index contributed by atoms with van der Waals surface area (Å²) in [6, 6.07) is 19.0. The van der Waals surface area contributed by atoms with Crippen molar-refractivity contribution < 1.29 is 18.1 Å². The molecular weight excluding hydrogens is 480 g/mol. The molecule has 0 saturated heterocycles. The van der Waals surface area contributed by atoms with Gasteiger partial charge in [0.05, 0.1) is 28.1 Å². The third-order valence-electron chi connectivity index (χ3n) is 5.54. The van der Waals surface area contributed by atoms with Crippen LogP contribution in [0.4, 0.5) is 5.69 Å². The fourth-order valence-electron chi connectivity index (χ4n) is 4.02. The molecule has 3 rings (SSSR count). The number of aryl methyl sites for hydroxylation is 3. The first-order valence-corrected chi connectivity index (χ1v) is 12.7. The smallest absolute Gasteiger partial charge is 0.272 e. The van der Waals surface area contributed by atoms with Gasteiger partial charge in [-0.3, -0.25) is 14.9 Å². The predicted octanol–water partition coefficient (Wildman–Crippen LogP) is 3.90. The minimum atomic E-state index is -4.01. The molecule has 0 radical (unpaired) electrons.